The second-order valence-electron chi connectivity index (χ2n) is 6.45. The monoisotopic (exact) mass is 347 g/mol. The van der Waals surface area contributed by atoms with Gasteiger partial charge < -0.3 is 14.8 Å². The van der Waals surface area contributed by atoms with Gasteiger partial charge in [-0.05, 0) is 51.1 Å². The maximum absolute atomic E-state index is 12.7. The summed E-state index contributed by atoms with van der Waals surface area (Å²) in [5.41, 5.74) is 0.706. The number of aromatic nitrogens is 1. The van der Waals surface area contributed by atoms with Crippen LogP contribution in [0.25, 0.3) is 10.9 Å². The van der Waals surface area contributed by atoms with Crippen LogP contribution in [-0.2, 0) is 6.54 Å². The second-order valence-corrected chi connectivity index (χ2v) is 6.88. The molecular weight excluding hydrogens is 326 g/mol. The highest BCUT2D eigenvalue weighted by Crippen LogP contribution is 2.18. The Kier molecular flexibility index (Phi) is 4.92. The largest absolute Gasteiger partial charge is 0.352 e. The van der Waals surface area contributed by atoms with Gasteiger partial charge in [-0.2, -0.15) is 0 Å². The maximum atomic E-state index is 12.7. The summed E-state index contributed by atoms with van der Waals surface area (Å²) in [4.78, 5) is 27.5. The third kappa shape index (κ3) is 3.32. The number of carbonyl (C=O) groups is 1. The molecule has 1 fully saturated rings. The number of amides is 1. The Bertz CT molecular complexity index is 831. The van der Waals surface area contributed by atoms with E-state index in [2.05, 4.69) is 17.3 Å². The highest BCUT2D eigenvalue weighted by molar-refractivity contribution is 6.31. The quantitative estimate of drug-likeness (QED) is 0.923. The highest BCUT2D eigenvalue weighted by atomic mass is 35.5. The van der Waals surface area contributed by atoms with Gasteiger partial charge in [0.1, 0.15) is 5.56 Å². The zero-order chi connectivity index (χ0) is 17.3. The lowest BCUT2D eigenvalue weighted by Gasteiger charge is -2.14. The van der Waals surface area contributed by atoms with Crippen LogP contribution in [0.2, 0.25) is 5.02 Å². The van der Waals surface area contributed by atoms with Crippen LogP contribution in [0.4, 0.5) is 0 Å². The lowest BCUT2D eigenvalue weighted by Crippen LogP contribution is -2.34. The van der Waals surface area contributed by atoms with Crippen molar-refractivity contribution in [2.24, 2.45) is 5.92 Å². The number of rotatable bonds is 4. The van der Waals surface area contributed by atoms with E-state index >= 15 is 0 Å². The number of nitrogens with zero attached hydrogens (tertiary/aromatic N) is 2. The number of hydrogen-bond donors (Lipinski definition) is 1. The van der Waals surface area contributed by atoms with Crippen molar-refractivity contribution in [2.75, 3.05) is 26.7 Å². The first-order valence-corrected chi connectivity index (χ1v) is 8.67. The minimum atomic E-state index is -0.307. The molecule has 1 aromatic carbocycles. The van der Waals surface area contributed by atoms with Crippen molar-refractivity contribution < 1.29 is 4.79 Å². The van der Waals surface area contributed by atoms with Crippen LogP contribution < -0.4 is 10.7 Å². The molecule has 1 aliphatic rings. The molecule has 0 bridgehead atoms. The van der Waals surface area contributed by atoms with Crippen molar-refractivity contribution >= 4 is 28.4 Å². The van der Waals surface area contributed by atoms with Gasteiger partial charge in [0, 0.05) is 36.2 Å². The van der Waals surface area contributed by atoms with Crippen LogP contribution in [0.5, 0.6) is 0 Å². The maximum Gasteiger partial charge on any atom is 0.256 e. The number of nitrogens with one attached hydrogen (secondary N) is 1. The molecule has 1 unspecified atom stereocenters. The molecule has 0 radical (unpaired) electrons. The smallest absolute Gasteiger partial charge is 0.256 e. The molecule has 1 N–H and O–H groups in total. The molecule has 0 spiro atoms. The molecule has 128 valence electrons. The van der Waals surface area contributed by atoms with Gasteiger partial charge in [-0.15, -0.1) is 0 Å². The minimum Gasteiger partial charge on any atom is -0.352 e. The van der Waals surface area contributed by atoms with Gasteiger partial charge in [0.2, 0.25) is 5.43 Å². The van der Waals surface area contributed by atoms with E-state index in [9.17, 15) is 9.59 Å². The summed E-state index contributed by atoms with van der Waals surface area (Å²) in [7, 11) is 2.08. The summed E-state index contributed by atoms with van der Waals surface area (Å²) < 4.78 is 1.91. The van der Waals surface area contributed by atoms with E-state index in [0.717, 1.165) is 25.0 Å². The predicted molar refractivity (Wildman–Crippen MR) is 96.8 cm³/mol. The first-order valence-electron chi connectivity index (χ1n) is 8.29. The van der Waals surface area contributed by atoms with E-state index in [4.69, 9.17) is 11.6 Å². The molecule has 3 rings (SSSR count). The summed E-state index contributed by atoms with van der Waals surface area (Å²) in [6.45, 7) is 5.29. The molecule has 6 heteroatoms. The van der Waals surface area contributed by atoms with Crippen molar-refractivity contribution in [3.05, 3.63) is 45.2 Å². The lowest BCUT2D eigenvalue weighted by atomic mass is 10.1. The average Bonchev–Trinajstić information content (AvgIpc) is 2.99. The summed E-state index contributed by atoms with van der Waals surface area (Å²) in [6, 6.07) is 5.21. The molecule has 1 aliphatic heterocycles. The molecule has 1 aromatic heterocycles. The van der Waals surface area contributed by atoms with E-state index in [1.165, 1.54) is 0 Å². The van der Waals surface area contributed by atoms with Crippen LogP contribution in [0.15, 0.2) is 29.2 Å². The number of halogens is 1. The molecule has 1 saturated heterocycles. The van der Waals surface area contributed by atoms with Crippen molar-refractivity contribution in [3.63, 3.8) is 0 Å². The van der Waals surface area contributed by atoms with Crippen LogP contribution in [0, 0.1) is 5.92 Å². The zero-order valence-electron chi connectivity index (χ0n) is 14.0. The molecule has 2 aromatic rings. The van der Waals surface area contributed by atoms with E-state index in [0.29, 0.717) is 29.4 Å². The van der Waals surface area contributed by atoms with Gasteiger partial charge in [-0.1, -0.05) is 11.6 Å². The van der Waals surface area contributed by atoms with Gasteiger partial charge in [0.15, 0.2) is 0 Å². The van der Waals surface area contributed by atoms with E-state index < -0.39 is 0 Å². The molecule has 0 aliphatic carbocycles. The number of benzene rings is 1. The zero-order valence-corrected chi connectivity index (χ0v) is 14.8. The minimum absolute atomic E-state index is 0.179. The molecule has 0 saturated carbocycles. The van der Waals surface area contributed by atoms with E-state index in [-0.39, 0.29) is 16.9 Å². The molecule has 1 atom stereocenters. The van der Waals surface area contributed by atoms with Gasteiger partial charge in [-0.25, -0.2) is 0 Å². The number of pyridine rings is 1. The van der Waals surface area contributed by atoms with Crippen molar-refractivity contribution in [2.45, 2.75) is 19.9 Å². The van der Waals surface area contributed by atoms with Crippen molar-refractivity contribution in [3.8, 4) is 0 Å². The summed E-state index contributed by atoms with van der Waals surface area (Å²) in [6.07, 6.45) is 2.72. The Morgan fingerprint density at radius 2 is 2.21 bits per heavy atom. The first-order chi connectivity index (χ1) is 11.5. The van der Waals surface area contributed by atoms with Gasteiger partial charge in [0.05, 0.1) is 5.52 Å². The number of likely N-dealkylation sites (tertiary alicyclic amines) is 1. The molecular formula is C18H22ClN3O2. The fourth-order valence-corrected chi connectivity index (χ4v) is 3.49. The fourth-order valence-electron chi connectivity index (χ4n) is 3.32. The Labute approximate surface area is 146 Å². The Morgan fingerprint density at radius 1 is 1.42 bits per heavy atom. The highest BCUT2D eigenvalue weighted by Gasteiger charge is 2.21. The van der Waals surface area contributed by atoms with Crippen LogP contribution in [-0.4, -0.2) is 42.1 Å². The van der Waals surface area contributed by atoms with E-state index in [1.54, 1.807) is 18.3 Å². The summed E-state index contributed by atoms with van der Waals surface area (Å²) >= 11 is 6.03. The topological polar surface area (TPSA) is 54.3 Å². The molecule has 5 nitrogen and oxygen atoms in total. The van der Waals surface area contributed by atoms with E-state index in [1.807, 2.05) is 17.6 Å². The second kappa shape index (κ2) is 6.95. The third-order valence-corrected chi connectivity index (χ3v) is 4.90. The van der Waals surface area contributed by atoms with Gasteiger partial charge >= 0.3 is 0 Å². The van der Waals surface area contributed by atoms with Gasteiger partial charge in [-0.3, -0.25) is 9.59 Å². The van der Waals surface area contributed by atoms with Crippen molar-refractivity contribution in [1.82, 2.24) is 14.8 Å². The number of hydrogen-bond acceptors (Lipinski definition) is 3. The van der Waals surface area contributed by atoms with Crippen LogP contribution >= 0.6 is 11.6 Å². The summed E-state index contributed by atoms with van der Waals surface area (Å²) in [5.74, 6) is 0.140. The first kappa shape index (κ1) is 17.0. The fraction of sp³-hybridized carbons (Fsp3) is 0.444. The molecule has 24 heavy (non-hydrogen) atoms. The standard InChI is InChI=1S/C18H22ClN3O2/c1-3-22-11-15(17(23)14-8-13(19)4-5-16(14)22)18(24)20-9-12-6-7-21(2)10-12/h4-5,8,11-12H,3,6-7,9-10H2,1-2H3,(H,20,24). The number of aryl methyl sites for hydroxylation is 1. The Hall–Kier alpha value is -1.85. The normalized spacial score (nSPS) is 18.2. The Morgan fingerprint density at radius 3 is 2.88 bits per heavy atom. The Balaban J connectivity index is 1.89. The lowest BCUT2D eigenvalue weighted by molar-refractivity contribution is 0.0946. The SMILES string of the molecule is CCn1cc(C(=O)NCC2CCN(C)C2)c(=O)c2cc(Cl)ccc21. The number of fused-ring (bicyclic) bond motifs is 1. The molecule has 2 heterocycles. The van der Waals surface area contributed by atoms with Crippen molar-refractivity contribution in [1.29, 1.82) is 0 Å². The molecule has 1 amide bonds. The summed E-state index contributed by atoms with van der Waals surface area (Å²) in [5, 5.41) is 3.90. The van der Waals surface area contributed by atoms with Gasteiger partial charge in [0.25, 0.3) is 5.91 Å². The van der Waals surface area contributed by atoms with Crippen LogP contribution in [0.3, 0.4) is 0 Å². The predicted octanol–water partition coefficient (Wildman–Crippen LogP) is 2.36. The number of carbonyl (C=O) groups excluding carboxylic acids is 1. The average molecular weight is 348 g/mol. The third-order valence-electron chi connectivity index (χ3n) is 4.67. The van der Waals surface area contributed by atoms with Crippen LogP contribution in [0.1, 0.15) is 23.7 Å².